The number of likely N-dealkylation sites (tertiary alicyclic amines) is 1. The Kier molecular flexibility index (Phi) is 6.87. The number of hydrogen-bond donors (Lipinski definition) is 1. The number of amides is 2. The summed E-state index contributed by atoms with van der Waals surface area (Å²) in [5, 5.41) is 7.75. The number of carbonyl (C=O) groups is 2. The molecular formula is C23H29BrN4O2. The Hall–Kier alpha value is -2.15. The Morgan fingerprint density at radius 3 is 2.80 bits per heavy atom. The highest BCUT2D eigenvalue weighted by atomic mass is 79.9. The monoisotopic (exact) mass is 472 g/mol. The second kappa shape index (κ2) is 9.77. The van der Waals surface area contributed by atoms with E-state index in [1.807, 2.05) is 33.8 Å². The zero-order valence-corrected chi connectivity index (χ0v) is 18.9. The highest BCUT2D eigenvalue weighted by molar-refractivity contribution is 9.10. The molecular weight excluding hydrogens is 444 g/mol. The first-order valence-corrected chi connectivity index (χ1v) is 11.9. The van der Waals surface area contributed by atoms with Crippen molar-refractivity contribution < 1.29 is 9.59 Å². The van der Waals surface area contributed by atoms with E-state index >= 15 is 0 Å². The summed E-state index contributed by atoms with van der Waals surface area (Å²) in [5.41, 5.74) is 3.76. The van der Waals surface area contributed by atoms with E-state index in [1.165, 1.54) is 0 Å². The molecule has 160 valence electrons. The quantitative estimate of drug-likeness (QED) is 0.645. The van der Waals surface area contributed by atoms with Crippen LogP contribution in [0.2, 0.25) is 0 Å². The van der Waals surface area contributed by atoms with Crippen LogP contribution in [0.25, 0.3) is 5.69 Å². The molecule has 1 aromatic carbocycles. The van der Waals surface area contributed by atoms with Crippen molar-refractivity contribution in [2.24, 2.45) is 0 Å². The highest BCUT2D eigenvalue weighted by Crippen LogP contribution is 2.28. The van der Waals surface area contributed by atoms with Crippen LogP contribution in [-0.2, 0) is 17.6 Å². The standard InChI is InChI=1S/C23H29BrN4O2/c24-17-8-6-9-18(16-17)28-20-11-4-3-10-19(20)22(26-28)23(30)25-13-7-15-27-14-5-1-2-12-21(27)29/h6,8-9,16H,1-5,7,10-15H2,(H,25,30). The molecule has 2 amide bonds. The minimum Gasteiger partial charge on any atom is -0.351 e. The van der Waals surface area contributed by atoms with Crippen LogP contribution in [0.5, 0.6) is 0 Å². The van der Waals surface area contributed by atoms with Gasteiger partial charge in [-0.25, -0.2) is 4.68 Å². The van der Waals surface area contributed by atoms with Gasteiger partial charge in [-0.05, 0) is 63.1 Å². The fraction of sp³-hybridized carbons (Fsp3) is 0.522. The second-order valence-corrected chi connectivity index (χ2v) is 9.09. The molecule has 1 fully saturated rings. The van der Waals surface area contributed by atoms with Gasteiger partial charge in [-0.1, -0.05) is 28.4 Å². The Morgan fingerprint density at radius 1 is 1.10 bits per heavy atom. The number of aromatic nitrogens is 2. The number of carbonyl (C=O) groups excluding carboxylic acids is 2. The summed E-state index contributed by atoms with van der Waals surface area (Å²) < 4.78 is 2.93. The fourth-order valence-corrected chi connectivity index (χ4v) is 4.82. The average Bonchev–Trinajstić information content (AvgIpc) is 3.02. The molecule has 4 rings (SSSR count). The minimum absolute atomic E-state index is 0.107. The van der Waals surface area contributed by atoms with Gasteiger partial charge in [0.05, 0.1) is 5.69 Å². The van der Waals surface area contributed by atoms with Crippen molar-refractivity contribution in [3.63, 3.8) is 0 Å². The van der Waals surface area contributed by atoms with Crippen LogP contribution in [0.4, 0.5) is 0 Å². The lowest BCUT2D eigenvalue weighted by molar-refractivity contribution is -0.130. The molecule has 30 heavy (non-hydrogen) atoms. The van der Waals surface area contributed by atoms with Gasteiger partial charge in [0.2, 0.25) is 5.91 Å². The topological polar surface area (TPSA) is 67.2 Å². The zero-order chi connectivity index (χ0) is 20.9. The van der Waals surface area contributed by atoms with Crippen molar-refractivity contribution in [2.45, 2.75) is 57.8 Å². The van der Waals surface area contributed by atoms with Gasteiger partial charge in [0.15, 0.2) is 5.69 Å². The van der Waals surface area contributed by atoms with E-state index < -0.39 is 0 Å². The van der Waals surface area contributed by atoms with Gasteiger partial charge in [0.1, 0.15) is 0 Å². The molecule has 2 heterocycles. The van der Waals surface area contributed by atoms with Crippen molar-refractivity contribution in [1.29, 1.82) is 0 Å². The summed E-state index contributed by atoms with van der Waals surface area (Å²) in [5.74, 6) is 0.143. The van der Waals surface area contributed by atoms with E-state index in [2.05, 4.69) is 21.2 Å². The van der Waals surface area contributed by atoms with E-state index in [-0.39, 0.29) is 11.8 Å². The molecule has 0 radical (unpaired) electrons. The van der Waals surface area contributed by atoms with E-state index in [4.69, 9.17) is 5.10 Å². The number of hydrogen-bond acceptors (Lipinski definition) is 3. The van der Waals surface area contributed by atoms with Crippen molar-refractivity contribution >= 4 is 27.7 Å². The molecule has 0 saturated carbocycles. The summed E-state index contributed by atoms with van der Waals surface area (Å²) in [7, 11) is 0. The van der Waals surface area contributed by atoms with Gasteiger partial charge in [-0.3, -0.25) is 9.59 Å². The molecule has 1 aromatic heterocycles. The molecule has 7 heteroatoms. The predicted molar refractivity (Wildman–Crippen MR) is 120 cm³/mol. The first-order valence-electron chi connectivity index (χ1n) is 11.1. The van der Waals surface area contributed by atoms with E-state index in [9.17, 15) is 9.59 Å². The van der Waals surface area contributed by atoms with E-state index in [0.717, 1.165) is 79.3 Å². The van der Waals surface area contributed by atoms with E-state index in [0.29, 0.717) is 25.2 Å². The predicted octanol–water partition coefficient (Wildman–Crippen LogP) is 4.04. The molecule has 0 atom stereocenters. The van der Waals surface area contributed by atoms with Crippen LogP contribution >= 0.6 is 15.9 Å². The first kappa shape index (κ1) is 21.1. The van der Waals surface area contributed by atoms with Crippen molar-refractivity contribution in [3.8, 4) is 5.69 Å². The van der Waals surface area contributed by atoms with Crippen LogP contribution in [0.15, 0.2) is 28.7 Å². The molecule has 0 bridgehead atoms. The SMILES string of the molecule is O=C(NCCCN1CCCCCC1=O)c1nn(-c2cccc(Br)c2)c2c1CCCC2. The summed E-state index contributed by atoms with van der Waals surface area (Å²) in [4.78, 5) is 27.0. The Morgan fingerprint density at radius 2 is 1.93 bits per heavy atom. The van der Waals surface area contributed by atoms with E-state index in [1.54, 1.807) is 0 Å². The summed E-state index contributed by atoms with van der Waals surface area (Å²) >= 11 is 3.53. The van der Waals surface area contributed by atoms with Crippen LogP contribution < -0.4 is 5.32 Å². The molecule has 1 aliphatic carbocycles. The lowest BCUT2D eigenvalue weighted by Crippen LogP contribution is -2.34. The van der Waals surface area contributed by atoms with Gasteiger partial charge in [-0.15, -0.1) is 0 Å². The third kappa shape index (κ3) is 4.77. The largest absolute Gasteiger partial charge is 0.351 e. The smallest absolute Gasteiger partial charge is 0.272 e. The van der Waals surface area contributed by atoms with Crippen molar-refractivity contribution in [1.82, 2.24) is 20.0 Å². The third-order valence-electron chi connectivity index (χ3n) is 6.01. The normalized spacial score (nSPS) is 16.8. The number of fused-ring (bicyclic) bond motifs is 1. The molecule has 1 saturated heterocycles. The molecule has 0 unspecified atom stereocenters. The summed E-state index contributed by atoms with van der Waals surface area (Å²) in [6, 6.07) is 8.02. The van der Waals surface area contributed by atoms with Gasteiger partial charge in [0, 0.05) is 41.8 Å². The molecule has 0 spiro atoms. The Labute approximate surface area is 186 Å². The van der Waals surface area contributed by atoms with Crippen LogP contribution in [0.1, 0.15) is 66.7 Å². The Balaban J connectivity index is 1.42. The molecule has 2 aliphatic rings. The number of nitrogens with zero attached hydrogens (tertiary/aromatic N) is 3. The maximum Gasteiger partial charge on any atom is 0.272 e. The molecule has 6 nitrogen and oxygen atoms in total. The van der Waals surface area contributed by atoms with Gasteiger partial charge in [-0.2, -0.15) is 5.10 Å². The number of nitrogens with one attached hydrogen (secondary N) is 1. The minimum atomic E-state index is -0.107. The van der Waals surface area contributed by atoms with Gasteiger partial charge < -0.3 is 10.2 Å². The Bertz CT molecular complexity index is 924. The lowest BCUT2D eigenvalue weighted by Gasteiger charge is -2.20. The molecule has 1 N–H and O–H groups in total. The molecule has 2 aromatic rings. The van der Waals surface area contributed by atoms with Crippen LogP contribution in [0.3, 0.4) is 0 Å². The summed E-state index contributed by atoms with van der Waals surface area (Å²) in [6.07, 6.45) is 8.69. The lowest BCUT2D eigenvalue weighted by atomic mass is 9.95. The van der Waals surface area contributed by atoms with Crippen LogP contribution in [0, 0.1) is 0 Å². The van der Waals surface area contributed by atoms with Gasteiger partial charge in [0.25, 0.3) is 5.91 Å². The number of rotatable bonds is 6. The van der Waals surface area contributed by atoms with Crippen LogP contribution in [-0.4, -0.2) is 46.1 Å². The maximum atomic E-state index is 12.9. The maximum absolute atomic E-state index is 12.9. The average molecular weight is 473 g/mol. The third-order valence-corrected chi connectivity index (χ3v) is 6.50. The summed E-state index contributed by atoms with van der Waals surface area (Å²) in [6.45, 7) is 2.11. The first-order chi connectivity index (χ1) is 14.6. The van der Waals surface area contributed by atoms with Crippen molar-refractivity contribution in [2.75, 3.05) is 19.6 Å². The molecule has 1 aliphatic heterocycles. The second-order valence-electron chi connectivity index (χ2n) is 8.17. The highest BCUT2D eigenvalue weighted by Gasteiger charge is 2.25. The number of halogens is 1. The fourth-order valence-electron chi connectivity index (χ4n) is 4.43. The zero-order valence-electron chi connectivity index (χ0n) is 17.3. The van der Waals surface area contributed by atoms with Crippen molar-refractivity contribution in [3.05, 3.63) is 45.7 Å². The number of benzene rings is 1. The van der Waals surface area contributed by atoms with Gasteiger partial charge >= 0.3 is 0 Å².